The van der Waals surface area contributed by atoms with Crippen LogP contribution in [0.1, 0.15) is 5.56 Å². The molecule has 0 saturated heterocycles. The van der Waals surface area contributed by atoms with Crippen LogP contribution >= 0.6 is 11.6 Å². The second kappa shape index (κ2) is 7.47. The number of hydrazine groups is 1. The van der Waals surface area contributed by atoms with E-state index in [1.165, 1.54) is 12.1 Å². The summed E-state index contributed by atoms with van der Waals surface area (Å²) < 4.78 is 79.1. The zero-order valence-electron chi connectivity index (χ0n) is 11.9. The summed E-state index contributed by atoms with van der Waals surface area (Å²) in [4.78, 5) is 11.5. The average molecular weight is 381 g/mol. The lowest BCUT2D eigenvalue weighted by Gasteiger charge is -2.10. The van der Waals surface area contributed by atoms with E-state index in [-0.39, 0.29) is 10.6 Å². The summed E-state index contributed by atoms with van der Waals surface area (Å²) in [5, 5.41) is -0.00299. The molecule has 0 aromatic heterocycles. The minimum absolute atomic E-state index is 0.00299. The van der Waals surface area contributed by atoms with Gasteiger partial charge in [-0.25, -0.2) is 26.3 Å². The molecular formula is C15H7ClF6N2O. The molecule has 1 amide bonds. The molecule has 0 heterocycles. The maximum absolute atomic E-state index is 13.5. The number of carbonyl (C=O) groups excluding carboxylic acids is 1. The van der Waals surface area contributed by atoms with Crippen LogP contribution in [0.3, 0.4) is 0 Å². The van der Waals surface area contributed by atoms with E-state index >= 15 is 0 Å². The Morgan fingerprint density at radius 1 is 0.920 bits per heavy atom. The van der Waals surface area contributed by atoms with Crippen LogP contribution in [-0.2, 0) is 4.79 Å². The summed E-state index contributed by atoms with van der Waals surface area (Å²) in [6.07, 6.45) is 1.70. The van der Waals surface area contributed by atoms with Crippen molar-refractivity contribution in [3.63, 3.8) is 0 Å². The topological polar surface area (TPSA) is 41.1 Å². The second-order valence-corrected chi connectivity index (χ2v) is 4.94. The molecule has 0 bridgehead atoms. The van der Waals surface area contributed by atoms with E-state index in [1.54, 1.807) is 10.9 Å². The zero-order valence-corrected chi connectivity index (χ0v) is 12.7. The van der Waals surface area contributed by atoms with Crippen LogP contribution in [0.15, 0.2) is 24.3 Å². The second-order valence-electron chi connectivity index (χ2n) is 4.53. The highest BCUT2D eigenvalue weighted by Gasteiger charge is 2.25. The van der Waals surface area contributed by atoms with Gasteiger partial charge in [0.1, 0.15) is 11.5 Å². The highest BCUT2D eigenvalue weighted by molar-refractivity contribution is 6.32. The Morgan fingerprint density at radius 2 is 1.48 bits per heavy atom. The number of carbonyl (C=O) groups is 1. The van der Waals surface area contributed by atoms with Gasteiger partial charge in [0.2, 0.25) is 5.82 Å². The Labute approximate surface area is 141 Å². The maximum Gasteiger partial charge on any atom is 0.262 e. The standard InChI is InChI=1S/C15H7ClF6N2O/c16-7-2-1-3-8(17)6(7)4-5-9(25)23-24-15-13(21)11(19)10(18)12(20)14(15)22/h1-5,24H,(H,23,25). The molecular weight excluding hydrogens is 374 g/mol. The van der Waals surface area contributed by atoms with Gasteiger partial charge < -0.3 is 0 Å². The summed E-state index contributed by atoms with van der Waals surface area (Å²) in [6.45, 7) is 0. The van der Waals surface area contributed by atoms with E-state index in [0.29, 0.717) is 0 Å². The normalized spacial score (nSPS) is 11.0. The number of anilines is 1. The highest BCUT2D eigenvalue weighted by atomic mass is 35.5. The summed E-state index contributed by atoms with van der Waals surface area (Å²) in [5.74, 6) is -12.8. The van der Waals surface area contributed by atoms with Crippen molar-refractivity contribution in [2.45, 2.75) is 0 Å². The molecule has 0 aliphatic heterocycles. The molecule has 0 spiro atoms. The number of halogens is 7. The van der Waals surface area contributed by atoms with E-state index < -0.39 is 46.5 Å². The smallest absolute Gasteiger partial charge is 0.262 e. The Morgan fingerprint density at radius 3 is 2.04 bits per heavy atom. The quantitative estimate of drug-likeness (QED) is 0.272. The van der Waals surface area contributed by atoms with Crippen molar-refractivity contribution in [1.82, 2.24) is 5.43 Å². The predicted molar refractivity (Wildman–Crippen MR) is 78.4 cm³/mol. The molecule has 3 nitrogen and oxygen atoms in total. The molecule has 0 unspecified atom stereocenters. The van der Waals surface area contributed by atoms with E-state index in [0.717, 1.165) is 18.2 Å². The van der Waals surface area contributed by atoms with Crippen LogP contribution in [-0.4, -0.2) is 5.91 Å². The molecule has 2 N–H and O–H groups in total. The van der Waals surface area contributed by atoms with Crippen molar-refractivity contribution in [2.75, 3.05) is 5.43 Å². The molecule has 2 rings (SSSR count). The van der Waals surface area contributed by atoms with Crippen LogP contribution in [0.2, 0.25) is 5.02 Å². The number of amides is 1. The van der Waals surface area contributed by atoms with Crippen molar-refractivity contribution in [2.24, 2.45) is 0 Å². The fraction of sp³-hybridized carbons (Fsp3) is 0. The lowest BCUT2D eigenvalue weighted by Crippen LogP contribution is -2.29. The fourth-order valence-electron chi connectivity index (χ4n) is 1.71. The monoisotopic (exact) mass is 380 g/mol. The minimum Gasteiger partial charge on any atom is -0.293 e. The molecule has 0 fully saturated rings. The molecule has 0 atom stereocenters. The first kappa shape index (κ1) is 18.7. The SMILES string of the molecule is O=C(C=Cc1c(F)cccc1Cl)NNc1c(F)c(F)c(F)c(F)c1F. The molecule has 132 valence electrons. The zero-order chi connectivity index (χ0) is 18.7. The van der Waals surface area contributed by atoms with Crippen molar-refractivity contribution in [3.8, 4) is 0 Å². The Hall–Kier alpha value is -2.68. The third kappa shape index (κ3) is 3.87. The van der Waals surface area contributed by atoms with Gasteiger partial charge in [-0.05, 0) is 18.2 Å². The number of nitrogens with one attached hydrogen (secondary N) is 2. The van der Waals surface area contributed by atoms with E-state index in [9.17, 15) is 31.1 Å². The number of benzene rings is 2. The summed E-state index contributed by atoms with van der Waals surface area (Å²) in [7, 11) is 0. The van der Waals surface area contributed by atoms with Crippen LogP contribution in [0, 0.1) is 34.9 Å². The molecule has 0 aliphatic rings. The van der Waals surface area contributed by atoms with Gasteiger partial charge in [0.15, 0.2) is 23.3 Å². The fourth-order valence-corrected chi connectivity index (χ4v) is 1.94. The van der Waals surface area contributed by atoms with Crippen LogP contribution in [0.25, 0.3) is 6.08 Å². The van der Waals surface area contributed by atoms with Gasteiger partial charge in [-0.3, -0.25) is 15.6 Å². The van der Waals surface area contributed by atoms with Gasteiger partial charge in [0, 0.05) is 11.6 Å². The van der Waals surface area contributed by atoms with Gasteiger partial charge in [0.05, 0.1) is 5.02 Å². The Kier molecular flexibility index (Phi) is 5.58. The summed E-state index contributed by atoms with van der Waals surface area (Å²) >= 11 is 5.72. The van der Waals surface area contributed by atoms with E-state index in [2.05, 4.69) is 0 Å². The first-order chi connectivity index (χ1) is 11.7. The van der Waals surface area contributed by atoms with Crippen molar-refractivity contribution >= 4 is 29.3 Å². The molecule has 0 saturated carbocycles. The van der Waals surface area contributed by atoms with Gasteiger partial charge in [-0.15, -0.1) is 0 Å². The predicted octanol–water partition coefficient (Wildman–Crippen LogP) is 4.33. The van der Waals surface area contributed by atoms with Gasteiger partial charge >= 0.3 is 0 Å². The molecule has 10 heteroatoms. The first-order valence-electron chi connectivity index (χ1n) is 6.43. The van der Waals surface area contributed by atoms with Crippen molar-refractivity contribution in [3.05, 3.63) is 69.8 Å². The lowest BCUT2D eigenvalue weighted by molar-refractivity contribution is -0.116. The number of hydrogen-bond donors (Lipinski definition) is 2. The minimum atomic E-state index is -2.33. The maximum atomic E-state index is 13.5. The van der Waals surface area contributed by atoms with E-state index in [1.807, 2.05) is 0 Å². The van der Waals surface area contributed by atoms with E-state index in [4.69, 9.17) is 11.6 Å². The first-order valence-corrected chi connectivity index (χ1v) is 6.81. The van der Waals surface area contributed by atoms with Gasteiger partial charge in [-0.2, -0.15) is 0 Å². The van der Waals surface area contributed by atoms with Gasteiger partial charge in [-0.1, -0.05) is 17.7 Å². The largest absolute Gasteiger partial charge is 0.293 e. The van der Waals surface area contributed by atoms with Gasteiger partial charge in [0.25, 0.3) is 5.91 Å². The Bertz CT molecular complexity index is 822. The lowest BCUT2D eigenvalue weighted by atomic mass is 10.2. The molecule has 0 aliphatic carbocycles. The molecule has 2 aromatic carbocycles. The van der Waals surface area contributed by atoms with Crippen molar-refractivity contribution < 1.29 is 31.1 Å². The van der Waals surface area contributed by atoms with Crippen molar-refractivity contribution in [1.29, 1.82) is 0 Å². The molecule has 25 heavy (non-hydrogen) atoms. The third-order valence-corrected chi connectivity index (χ3v) is 3.25. The number of hydrogen-bond acceptors (Lipinski definition) is 2. The third-order valence-electron chi connectivity index (χ3n) is 2.92. The average Bonchev–Trinajstić information content (AvgIpc) is 2.57. The Balaban J connectivity index is 2.15. The molecule has 0 radical (unpaired) electrons. The number of rotatable bonds is 4. The highest BCUT2D eigenvalue weighted by Crippen LogP contribution is 2.26. The van der Waals surface area contributed by atoms with Crippen LogP contribution in [0.5, 0.6) is 0 Å². The molecule has 2 aromatic rings. The summed E-state index contributed by atoms with van der Waals surface area (Å²) in [5.41, 5.74) is 1.70. The van der Waals surface area contributed by atoms with Crippen LogP contribution < -0.4 is 10.9 Å². The summed E-state index contributed by atoms with van der Waals surface area (Å²) in [6, 6.07) is 3.77. The van der Waals surface area contributed by atoms with Crippen LogP contribution in [0.4, 0.5) is 32.0 Å².